The molecule has 0 spiro atoms. The third kappa shape index (κ3) is 4.77. The van der Waals surface area contributed by atoms with Crippen LogP contribution in [0.3, 0.4) is 0 Å². The number of benzene rings is 2. The molecule has 0 radical (unpaired) electrons. The monoisotopic (exact) mass is 248 g/mol. The molecule has 2 heteroatoms. The maximum atomic E-state index is 4.20. The summed E-state index contributed by atoms with van der Waals surface area (Å²) in [4.78, 5) is 2.09. The summed E-state index contributed by atoms with van der Waals surface area (Å²) < 4.78 is 0. The first-order valence-corrected chi connectivity index (χ1v) is 5.99. The second-order valence-corrected chi connectivity index (χ2v) is 4.62. The summed E-state index contributed by atoms with van der Waals surface area (Å²) in [6.45, 7) is 4.11. The van der Waals surface area contributed by atoms with Gasteiger partial charge in [-0.3, -0.25) is 0 Å². The molecule has 0 heterocycles. The lowest BCUT2D eigenvalue weighted by Crippen LogP contribution is -1.70. The predicted octanol–water partition coefficient (Wildman–Crippen LogP) is 4.57. The van der Waals surface area contributed by atoms with Gasteiger partial charge in [-0.2, -0.15) is 0 Å². The molecule has 0 N–H and O–H groups in total. The van der Waals surface area contributed by atoms with E-state index in [9.17, 15) is 0 Å². The molecule has 2 aromatic carbocycles. The first kappa shape index (κ1) is 13.2. The van der Waals surface area contributed by atoms with Crippen LogP contribution >= 0.6 is 25.3 Å². The minimum absolute atomic E-state index is 1.02. The maximum Gasteiger partial charge on any atom is 0.00692 e. The van der Waals surface area contributed by atoms with Crippen LogP contribution in [0.5, 0.6) is 0 Å². The van der Waals surface area contributed by atoms with Crippen molar-refractivity contribution in [3.63, 3.8) is 0 Å². The van der Waals surface area contributed by atoms with Crippen LogP contribution in [0, 0.1) is 13.8 Å². The molecule has 0 aromatic heterocycles. The summed E-state index contributed by atoms with van der Waals surface area (Å²) in [7, 11) is 0. The Balaban J connectivity index is 0.000000160. The first-order valence-electron chi connectivity index (χ1n) is 5.10. The number of rotatable bonds is 0. The lowest BCUT2D eigenvalue weighted by molar-refractivity contribution is 1.31. The standard InChI is InChI=1S/2C7H8S/c1-6-2-4-7(8)5-3-6;1-6-4-2-3-5-7(6)8/h2*2-5,8H,1H3. The van der Waals surface area contributed by atoms with Crippen molar-refractivity contribution in [3.05, 3.63) is 59.7 Å². The molecule has 0 saturated heterocycles. The van der Waals surface area contributed by atoms with Crippen LogP contribution in [0.1, 0.15) is 11.1 Å². The van der Waals surface area contributed by atoms with Gasteiger partial charge in [-0.15, -0.1) is 25.3 Å². The van der Waals surface area contributed by atoms with E-state index in [1.54, 1.807) is 0 Å². The van der Waals surface area contributed by atoms with Crippen LogP contribution in [0.15, 0.2) is 58.3 Å². The number of aryl methyl sites for hydroxylation is 2. The van der Waals surface area contributed by atoms with Gasteiger partial charge in [0, 0.05) is 9.79 Å². The molecule has 0 aliphatic rings. The van der Waals surface area contributed by atoms with E-state index in [2.05, 4.69) is 32.2 Å². The average Bonchev–Trinajstić information content (AvgIpc) is 2.28. The van der Waals surface area contributed by atoms with Gasteiger partial charge in [0.15, 0.2) is 0 Å². The fourth-order valence-corrected chi connectivity index (χ4v) is 1.42. The van der Waals surface area contributed by atoms with E-state index in [0.717, 1.165) is 9.79 Å². The summed E-state index contributed by atoms with van der Waals surface area (Å²) in [6, 6.07) is 16.1. The summed E-state index contributed by atoms with van der Waals surface area (Å²) in [6.07, 6.45) is 0. The van der Waals surface area contributed by atoms with Crippen LogP contribution in [-0.4, -0.2) is 0 Å². The third-order valence-electron chi connectivity index (χ3n) is 2.15. The highest BCUT2D eigenvalue weighted by atomic mass is 32.1. The van der Waals surface area contributed by atoms with E-state index in [-0.39, 0.29) is 0 Å². The van der Waals surface area contributed by atoms with Crippen LogP contribution < -0.4 is 0 Å². The molecule has 0 unspecified atom stereocenters. The fraction of sp³-hybridized carbons (Fsp3) is 0.143. The molecule has 2 aromatic rings. The molecule has 0 saturated carbocycles. The van der Waals surface area contributed by atoms with Crippen molar-refractivity contribution >= 4 is 25.3 Å². The summed E-state index contributed by atoms with van der Waals surface area (Å²) >= 11 is 8.33. The largest absolute Gasteiger partial charge is 0.143 e. The Hall–Kier alpha value is -0.860. The molecule has 0 atom stereocenters. The highest BCUT2D eigenvalue weighted by Crippen LogP contribution is 2.09. The molecule has 0 nitrogen and oxygen atoms in total. The Morgan fingerprint density at radius 1 is 0.750 bits per heavy atom. The Morgan fingerprint density at radius 2 is 1.31 bits per heavy atom. The van der Waals surface area contributed by atoms with Crippen LogP contribution in [-0.2, 0) is 0 Å². The predicted molar refractivity (Wildman–Crippen MR) is 76.9 cm³/mol. The summed E-state index contributed by atoms with van der Waals surface area (Å²) in [5.74, 6) is 0. The molecule has 0 amide bonds. The van der Waals surface area contributed by atoms with E-state index in [1.807, 2.05) is 55.5 Å². The quantitative estimate of drug-likeness (QED) is 0.627. The number of hydrogen-bond acceptors (Lipinski definition) is 2. The fourth-order valence-electron chi connectivity index (χ4n) is 1.11. The smallest absolute Gasteiger partial charge is 0.00692 e. The number of thiol groups is 2. The molecule has 0 aliphatic carbocycles. The second kappa shape index (κ2) is 6.66. The first-order chi connectivity index (χ1) is 7.59. The van der Waals surface area contributed by atoms with Gasteiger partial charge in [-0.1, -0.05) is 35.9 Å². The molecule has 84 valence electrons. The SMILES string of the molecule is Cc1ccc(S)cc1.Cc1ccccc1S. The minimum atomic E-state index is 1.02. The molecule has 0 bridgehead atoms. The van der Waals surface area contributed by atoms with Crippen molar-refractivity contribution in [1.29, 1.82) is 0 Å². The van der Waals surface area contributed by atoms with Crippen molar-refractivity contribution in [1.82, 2.24) is 0 Å². The van der Waals surface area contributed by atoms with E-state index < -0.39 is 0 Å². The Bertz CT molecular complexity index is 391. The van der Waals surface area contributed by atoms with Crippen molar-refractivity contribution in [2.75, 3.05) is 0 Å². The van der Waals surface area contributed by atoms with Crippen molar-refractivity contribution in [2.45, 2.75) is 23.6 Å². The second-order valence-electron chi connectivity index (χ2n) is 3.62. The third-order valence-corrected chi connectivity index (χ3v) is 2.95. The Morgan fingerprint density at radius 3 is 1.69 bits per heavy atom. The van der Waals surface area contributed by atoms with Gasteiger partial charge < -0.3 is 0 Å². The number of hydrogen-bond donors (Lipinski definition) is 2. The van der Waals surface area contributed by atoms with Gasteiger partial charge in [0.25, 0.3) is 0 Å². The summed E-state index contributed by atoms with van der Waals surface area (Å²) in [5, 5.41) is 0. The average molecular weight is 248 g/mol. The zero-order valence-electron chi connectivity index (χ0n) is 9.51. The van der Waals surface area contributed by atoms with E-state index >= 15 is 0 Å². The maximum absolute atomic E-state index is 4.20. The molecule has 2 rings (SSSR count). The molecular formula is C14H16S2. The van der Waals surface area contributed by atoms with Crippen molar-refractivity contribution < 1.29 is 0 Å². The molecule has 16 heavy (non-hydrogen) atoms. The van der Waals surface area contributed by atoms with Crippen molar-refractivity contribution in [3.8, 4) is 0 Å². The molecule has 0 aliphatic heterocycles. The zero-order chi connectivity index (χ0) is 12.0. The molecular weight excluding hydrogens is 232 g/mol. The van der Waals surface area contributed by atoms with Gasteiger partial charge >= 0.3 is 0 Å². The van der Waals surface area contributed by atoms with Gasteiger partial charge in [-0.05, 0) is 37.6 Å². The molecule has 0 fully saturated rings. The van der Waals surface area contributed by atoms with Gasteiger partial charge in [0.05, 0.1) is 0 Å². The van der Waals surface area contributed by atoms with E-state index in [0.29, 0.717) is 0 Å². The van der Waals surface area contributed by atoms with E-state index in [1.165, 1.54) is 11.1 Å². The summed E-state index contributed by atoms with van der Waals surface area (Å²) in [5.41, 5.74) is 2.51. The van der Waals surface area contributed by atoms with Crippen LogP contribution in [0.25, 0.3) is 0 Å². The van der Waals surface area contributed by atoms with Crippen LogP contribution in [0.4, 0.5) is 0 Å². The highest BCUT2D eigenvalue weighted by Gasteiger charge is 1.85. The Kier molecular flexibility index (Phi) is 5.50. The van der Waals surface area contributed by atoms with Gasteiger partial charge in [-0.25, -0.2) is 0 Å². The topological polar surface area (TPSA) is 0 Å². The lowest BCUT2D eigenvalue weighted by atomic mass is 10.2. The van der Waals surface area contributed by atoms with E-state index in [4.69, 9.17) is 0 Å². The highest BCUT2D eigenvalue weighted by molar-refractivity contribution is 7.80. The van der Waals surface area contributed by atoms with Gasteiger partial charge in [0.1, 0.15) is 0 Å². The zero-order valence-corrected chi connectivity index (χ0v) is 11.3. The van der Waals surface area contributed by atoms with Crippen molar-refractivity contribution in [2.24, 2.45) is 0 Å². The van der Waals surface area contributed by atoms with Gasteiger partial charge in [0.2, 0.25) is 0 Å². The Labute approximate surface area is 109 Å². The van der Waals surface area contributed by atoms with Crippen LogP contribution in [0.2, 0.25) is 0 Å². The minimum Gasteiger partial charge on any atom is -0.143 e. The lowest BCUT2D eigenvalue weighted by Gasteiger charge is -1.92. The normalized spacial score (nSPS) is 9.25.